The summed E-state index contributed by atoms with van der Waals surface area (Å²) in [5.41, 5.74) is 3.67. The molecule has 102 valence electrons. The average Bonchev–Trinajstić information content (AvgIpc) is 2.84. The van der Waals surface area contributed by atoms with Crippen LogP contribution in [0.2, 0.25) is 0 Å². The molecule has 19 heavy (non-hydrogen) atoms. The number of nitrogens with one attached hydrogen (secondary N) is 1. The van der Waals surface area contributed by atoms with Crippen molar-refractivity contribution >= 4 is 11.4 Å². The number of furan rings is 1. The van der Waals surface area contributed by atoms with Gasteiger partial charge in [0, 0.05) is 37.9 Å². The lowest BCUT2D eigenvalue weighted by molar-refractivity contribution is 0.498. The number of rotatable bonds is 5. The molecule has 1 unspecified atom stereocenters. The zero-order valence-corrected chi connectivity index (χ0v) is 12.1. The van der Waals surface area contributed by atoms with Gasteiger partial charge in [0.1, 0.15) is 5.76 Å². The van der Waals surface area contributed by atoms with Crippen LogP contribution in [0.4, 0.5) is 11.4 Å². The smallest absolute Gasteiger partial charge is 0.105 e. The third-order valence-corrected chi connectivity index (χ3v) is 3.22. The maximum Gasteiger partial charge on any atom is 0.105 e. The zero-order chi connectivity index (χ0) is 13.8. The first kappa shape index (κ1) is 13.5. The fraction of sp³-hybridized carbons (Fsp3) is 0.375. The third kappa shape index (κ3) is 3.53. The molecule has 2 rings (SSSR count). The molecule has 0 spiro atoms. The van der Waals surface area contributed by atoms with Crippen molar-refractivity contribution in [3.05, 3.63) is 47.9 Å². The summed E-state index contributed by atoms with van der Waals surface area (Å²) >= 11 is 0. The molecule has 3 nitrogen and oxygen atoms in total. The van der Waals surface area contributed by atoms with Crippen LogP contribution in [0.1, 0.15) is 18.2 Å². The predicted molar refractivity (Wildman–Crippen MR) is 81.0 cm³/mol. The van der Waals surface area contributed by atoms with E-state index < -0.39 is 0 Å². The summed E-state index contributed by atoms with van der Waals surface area (Å²) in [6, 6.07) is 10.8. The van der Waals surface area contributed by atoms with Gasteiger partial charge in [-0.1, -0.05) is 0 Å². The lowest BCUT2D eigenvalue weighted by Crippen LogP contribution is -2.18. The standard InChI is InChI=1S/C16H22N2O/c1-12-10-14(18(3)4)7-8-16(12)17-13(2)11-15-6-5-9-19-15/h5-10,13,17H,11H2,1-4H3. The van der Waals surface area contributed by atoms with Crippen LogP contribution in [0.25, 0.3) is 0 Å². The number of hydrogen-bond donors (Lipinski definition) is 1. The first-order chi connectivity index (χ1) is 9.06. The van der Waals surface area contributed by atoms with Crippen LogP contribution >= 0.6 is 0 Å². The molecule has 1 heterocycles. The highest BCUT2D eigenvalue weighted by molar-refractivity contribution is 5.60. The van der Waals surface area contributed by atoms with Crippen molar-refractivity contribution in [1.82, 2.24) is 0 Å². The molecule has 0 saturated heterocycles. The molecule has 0 saturated carbocycles. The second kappa shape index (κ2) is 5.83. The predicted octanol–water partition coefficient (Wildman–Crippen LogP) is 3.70. The number of anilines is 2. The number of hydrogen-bond acceptors (Lipinski definition) is 3. The molecule has 0 aliphatic heterocycles. The van der Waals surface area contributed by atoms with Gasteiger partial charge in [0.05, 0.1) is 6.26 Å². The number of aryl methyl sites for hydroxylation is 1. The van der Waals surface area contributed by atoms with Crippen LogP contribution in [0, 0.1) is 6.92 Å². The molecule has 1 atom stereocenters. The molecule has 0 bridgehead atoms. The van der Waals surface area contributed by atoms with Gasteiger partial charge < -0.3 is 14.6 Å². The topological polar surface area (TPSA) is 28.4 Å². The van der Waals surface area contributed by atoms with Crippen LogP contribution in [0.3, 0.4) is 0 Å². The van der Waals surface area contributed by atoms with E-state index in [-0.39, 0.29) is 0 Å². The van der Waals surface area contributed by atoms with Crippen LogP contribution in [-0.4, -0.2) is 20.1 Å². The molecular weight excluding hydrogens is 236 g/mol. The summed E-state index contributed by atoms with van der Waals surface area (Å²) in [4.78, 5) is 2.11. The molecule has 1 aromatic heterocycles. The van der Waals surface area contributed by atoms with E-state index in [2.05, 4.69) is 56.4 Å². The molecule has 0 aliphatic carbocycles. The van der Waals surface area contributed by atoms with Crippen molar-refractivity contribution in [3.8, 4) is 0 Å². The highest BCUT2D eigenvalue weighted by atomic mass is 16.3. The fourth-order valence-electron chi connectivity index (χ4n) is 2.13. The molecular formula is C16H22N2O. The quantitative estimate of drug-likeness (QED) is 0.886. The van der Waals surface area contributed by atoms with Gasteiger partial charge in [0.25, 0.3) is 0 Å². The van der Waals surface area contributed by atoms with Crippen molar-refractivity contribution in [2.45, 2.75) is 26.3 Å². The second-order valence-corrected chi connectivity index (χ2v) is 5.22. The maximum absolute atomic E-state index is 5.38. The summed E-state index contributed by atoms with van der Waals surface area (Å²) in [6.45, 7) is 4.30. The first-order valence-corrected chi connectivity index (χ1v) is 6.63. The molecule has 1 aromatic carbocycles. The lowest BCUT2D eigenvalue weighted by atomic mass is 10.1. The molecule has 2 aromatic rings. The summed E-state index contributed by atoms with van der Waals surface area (Å²) in [5.74, 6) is 1.02. The van der Waals surface area contributed by atoms with Gasteiger partial charge in [-0.05, 0) is 49.7 Å². The van der Waals surface area contributed by atoms with Crippen LogP contribution in [-0.2, 0) is 6.42 Å². The second-order valence-electron chi connectivity index (χ2n) is 5.22. The Kier molecular flexibility index (Phi) is 4.15. The Morgan fingerprint density at radius 1 is 1.26 bits per heavy atom. The van der Waals surface area contributed by atoms with Gasteiger partial charge in [0.2, 0.25) is 0 Å². The Morgan fingerprint density at radius 2 is 2.05 bits per heavy atom. The van der Waals surface area contributed by atoms with E-state index in [1.807, 2.05) is 12.1 Å². The van der Waals surface area contributed by atoms with Crippen molar-refractivity contribution in [2.75, 3.05) is 24.3 Å². The molecule has 1 N–H and O–H groups in total. The SMILES string of the molecule is Cc1cc(N(C)C)ccc1NC(C)Cc1ccco1. The third-order valence-electron chi connectivity index (χ3n) is 3.22. The molecule has 0 fully saturated rings. The summed E-state index contributed by atoms with van der Waals surface area (Å²) in [6.07, 6.45) is 2.61. The van der Waals surface area contributed by atoms with Crippen LogP contribution in [0.15, 0.2) is 41.0 Å². The number of benzene rings is 1. The van der Waals surface area contributed by atoms with Gasteiger partial charge in [0.15, 0.2) is 0 Å². The maximum atomic E-state index is 5.38. The van der Waals surface area contributed by atoms with Gasteiger partial charge in [-0.2, -0.15) is 0 Å². The van der Waals surface area contributed by atoms with Gasteiger partial charge in [-0.25, -0.2) is 0 Å². The minimum absolute atomic E-state index is 0.343. The summed E-state index contributed by atoms with van der Waals surface area (Å²) in [5, 5.41) is 3.54. The summed E-state index contributed by atoms with van der Waals surface area (Å²) in [7, 11) is 4.11. The zero-order valence-electron chi connectivity index (χ0n) is 12.1. The summed E-state index contributed by atoms with van der Waals surface area (Å²) < 4.78 is 5.38. The van der Waals surface area contributed by atoms with Gasteiger partial charge in [-0.15, -0.1) is 0 Å². The van der Waals surface area contributed by atoms with Crippen molar-refractivity contribution < 1.29 is 4.42 Å². The van der Waals surface area contributed by atoms with E-state index >= 15 is 0 Å². The Balaban J connectivity index is 2.02. The van der Waals surface area contributed by atoms with E-state index in [9.17, 15) is 0 Å². The first-order valence-electron chi connectivity index (χ1n) is 6.63. The monoisotopic (exact) mass is 258 g/mol. The Bertz CT molecular complexity index is 518. The highest BCUT2D eigenvalue weighted by Gasteiger charge is 2.08. The fourth-order valence-corrected chi connectivity index (χ4v) is 2.13. The average molecular weight is 258 g/mol. The van der Waals surface area contributed by atoms with Crippen molar-refractivity contribution in [3.63, 3.8) is 0 Å². The van der Waals surface area contributed by atoms with E-state index in [0.717, 1.165) is 12.2 Å². The molecule has 3 heteroatoms. The molecule has 0 radical (unpaired) electrons. The van der Waals surface area contributed by atoms with Crippen LogP contribution < -0.4 is 10.2 Å². The molecule has 0 aliphatic rings. The minimum Gasteiger partial charge on any atom is -0.469 e. The Labute approximate surface area is 115 Å². The molecule has 0 amide bonds. The van der Waals surface area contributed by atoms with E-state index in [1.165, 1.54) is 16.9 Å². The van der Waals surface area contributed by atoms with Crippen molar-refractivity contribution in [2.24, 2.45) is 0 Å². The van der Waals surface area contributed by atoms with E-state index in [1.54, 1.807) is 6.26 Å². The lowest BCUT2D eigenvalue weighted by Gasteiger charge is -2.19. The largest absolute Gasteiger partial charge is 0.469 e. The van der Waals surface area contributed by atoms with Crippen molar-refractivity contribution in [1.29, 1.82) is 0 Å². The van der Waals surface area contributed by atoms with Gasteiger partial charge in [-0.3, -0.25) is 0 Å². The Morgan fingerprint density at radius 3 is 2.63 bits per heavy atom. The van der Waals surface area contributed by atoms with E-state index in [4.69, 9.17) is 4.42 Å². The minimum atomic E-state index is 0.343. The van der Waals surface area contributed by atoms with Crippen LogP contribution in [0.5, 0.6) is 0 Å². The Hall–Kier alpha value is -1.90. The van der Waals surface area contributed by atoms with E-state index in [0.29, 0.717) is 6.04 Å². The number of nitrogens with zero attached hydrogens (tertiary/aromatic N) is 1. The normalized spacial score (nSPS) is 12.2. The highest BCUT2D eigenvalue weighted by Crippen LogP contribution is 2.22. The van der Waals surface area contributed by atoms with Gasteiger partial charge >= 0.3 is 0 Å².